The van der Waals surface area contributed by atoms with Gasteiger partial charge in [-0.3, -0.25) is 4.79 Å². The molecule has 494 valence electrons. The van der Waals surface area contributed by atoms with Crippen LogP contribution < -0.4 is 5.32 Å². The molecule has 0 aliphatic carbocycles. The highest BCUT2D eigenvalue weighted by atomic mass is 16.7. The van der Waals surface area contributed by atoms with Crippen LogP contribution in [0.2, 0.25) is 0 Å². The Kier molecular flexibility index (Phi) is 61.6. The molecule has 9 heteroatoms. The second-order valence-corrected chi connectivity index (χ2v) is 26.5. The Morgan fingerprint density at radius 2 is 0.663 bits per heavy atom. The number of hydrogen-bond acceptors (Lipinski definition) is 8. The predicted octanol–water partition coefficient (Wildman–Crippen LogP) is 20.7. The van der Waals surface area contributed by atoms with Crippen molar-refractivity contribution < 1.29 is 39.8 Å². The molecule has 7 atom stereocenters. The van der Waals surface area contributed by atoms with E-state index in [-0.39, 0.29) is 12.5 Å². The van der Waals surface area contributed by atoms with Crippen LogP contribution in [0.1, 0.15) is 399 Å². The molecule has 0 saturated carbocycles. The fourth-order valence-electron chi connectivity index (χ4n) is 12.5. The average molecular weight is 1180 g/mol. The van der Waals surface area contributed by atoms with Gasteiger partial charge < -0.3 is 40.3 Å². The van der Waals surface area contributed by atoms with E-state index in [9.17, 15) is 30.3 Å². The van der Waals surface area contributed by atoms with E-state index in [2.05, 4.69) is 19.2 Å². The second-order valence-electron chi connectivity index (χ2n) is 26.5. The Balaban J connectivity index is 2.09. The number of hydrogen-bond donors (Lipinski definition) is 6. The van der Waals surface area contributed by atoms with Crippen molar-refractivity contribution in [3.63, 3.8) is 0 Å². The third kappa shape index (κ3) is 52.6. The lowest BCUT2D eigenvalue weighted by molar-refractivity contribution is -0.302. The van der Waals surface area contributed by atoms with Crippen LogP contribution in [0.15, 0.2) is 12.2 Å². The summed E-state index contributed by atoms with van der Waals surface area (Å²) in [7, 11) is 0. The number of aliphatic hydroxyl groups excluding tert-OH is 5. The number of aliphatic hydroxyl groups is 5. The van der Waals surface area contributed by atoms with Crippen LogP contribution in [-0.4, -0.2) is 87.5 Å². The highest BCUT2D eigenvalue weighted by Gasteiger charge is 2.44. The van der Waals surface area contributed by atoms with Crippen molar-refractivity contribution in [2.45, 2.75) is 442 Å². The van der Waals surface area contributed by atoms with Crippen molar-refractivity contribution in [3.05, 3.63) is 12.2 Å². The molecule has 0 aromatic heterocycles. The number of allylic oxidation sites excluding steroid dienone is 1. The van der Waals surface area contributed by atoms with E-state index in [0.717, 1.165) is 38.5 Å². The molecule has 1 rings (SSSR count). The molecule has 1 heterocycles. The van der Waals surface area contributed by atoms with Crippen molar-refractivity contribution in [2.24, 2.45) is 0 Å². The normalized spacial score (nSPS) is 18.2. The van der Waals surface area contributed by atoms with E-state index in [1.165, 1.54) is 340 Å². The largest absolute Gasteiger partial charge is 0.394 e. The maximum atomic E-state index is 13.1. The van der Waals surface area contributed by atoms with Crippen molar-refractivity contribution in [1.82, 2.24) is 5.32 Å². The highest BCUT2D eigenvalue weighted by Crippen LogP contribution is 2.24. The molecule has 7 unspecified atom stereocenters. The standard InChI is InChI=1S/C74H145NO8/c1-3-5-7-9-11-13-15-17-19-21-23-25-27-29-31-33-34-36-37-39-41-43-45-47-49-51-53-55-57-59-61-63-68(77)67(66-82-74-73(81)72(80)71(79)69(65-76)83-74)75-70(78)64-62-60-58-56-54-52-50-48-46-44-42-40-38-35-32-30-28-26-24-22-20-18-16-14-12-10-8-6-4-2/h61,63,67-69,71-74,76-77,79-81H,3-60,62,64-66H2,1-2H3,(H,75,78)/b63-61+. The summed E-state index contributed by atoms with van der Waals surface area (Å²) in [4.78, 5) is 13.1. The molecule has 1 fully saturated rings. The Labute approximate surface area is 516 Å². The van der Waals surface area contributed by atoms with Crippen LogP contribution in [0.25, 0.3) is 0 Å². The number of amides is 1. The summed E-state index contributed by atoms with van der Waals surface area (Å²) in [6.07, 6.45) is 76.3. The minimum Gasteiger partial charge on any atom is -0.394 e. The molecule has 0 bridgehead atoms. The zero-order chi connectivity index (χ0) is 60.0. The quantitative estimate of drug-likeness (QED) is 0.0261. The molecule has 83 heavy (non-hydrogen) atoms. The first-order valence-electron chi connectivity index (χ1n) is 37.4. The molecule has 9 nitrogen and oxygen atoms in total. The Morgan fingerprint density at radius 1 is 0.398 bits per heavy atom. The first-order chi connectivity index (χ1) is 40.8. The van der Waals surface area contributed by atoms with Crippen molar-refractivity contribution >= 4 is 5.91 Å². The van der Waals surface area contributed by atoms with Crippen LogP contribution >= 0.6 is 0 Å². The van der Waals surface area contributed by atoms with Crippen molar-refractivity contribution in [2.75, 3.05) is 13.2 Å². The van der Waals surface area contributed by atoms with E-state index >= 15 is 0 Å². The molecule has 0 aromatic rings. The highest BCUT2D eigenvalue weighted by molar-refractivity contribution is 5.76. The Hall–Kier alpha value is -1.07. The smallest absolute Gasteiger partial charge is 0.220 e. The Morgan fingerprint density at radius 3 is 0.940 bits per heavy atom. The number of nitrogens with one attached hydrogen (secondary N) is 1. The molecule has 1 aliphatic rings. The van der Waals surface area contributed by atoms with Gasteiger partial charge in [-0.25, -0.2) is 0 Å². The average Bonchev–Trinajstić information content (AvgIpc) is 3.50. The van der Waals surface area contributed by atoms with Crippen molar-refractivity contribution in [1.29, 1.82) is 0 Å². The molecule has 0 radical (unpaired) electrons. The fourth-order valence-corrected chi connectivity index (χ4v) is 12.5. The number of carbonyl (C=O) groups excluding carboxylic acids is 1. The van der Waals surface area contributed by atoms with Crippen LogP contribution in [0.3, 0.4) is 0 Å². The molecule has 0 aromatic carbocycles. The maximum absolute atomic E-state index is 13.1. The zero-order valence-corrected chi connectivity index (χ0v) is 55.5. The lowest BCUT2D eigenvalue weighted by atomic mass is 9.99. The zero-order valence-electron chi connectivity index (χ0n) is 55.5. The predicted molar refractivity (Wildman–Crippen MR) is 355 cm³/mol. The summed E-state index contributed by atoms with van der Waals surface area (Å²) in [6.45, 7) is 3.85. The van der Waals surface area contributed by atoms with E-state index in [4.69, 9.17) is 9.47 Å². The lowest BCUT2D eigenvalue weighted by Crippen LogP contribution is -2.60. The molecule has 1 amide bonds. The molecular formula is C74H145NO8. The van der Waals surface area contributed by atoms with Crippen LogP contribution in [0.5, 0.6) is 0 Å². The van der Waals surface area contributed by atoms with Gasteiger partial charge in [0.25, 0.3) is 0 Å². The van der Waals surface area contributed by atoms with Gasteiger partial charge in [-0.2, -0.15) is 0 Å². The van der Waals surface area contributed by atoms with E-state index in [1.807, 2.05) is 6.08 Å². The van der Waals surface area contributed by atoms with E-state index < -0.39 is 49.5 Å². The Bertz CT molecular complexity index is 1320. The van der Waals surface area contributed by atoms with Gasteiger partial charge in [0.15, 0.2) is 6.29 Å². The van der Waals surface area contributed by atoms with Gasteiger partial charge >= 0.3 is 0 Å². The molecule has 6 N–H and O–H groups in total. The molecule has 1 aliphatic heterocycles. The minimum absolute atomic E-state index is 0.166. The summed E-state index contributed by atoms with van der Waals surface area (Å²) in [5.41, 5.74) is 0. The second kappa shape index (κ2) is 63.9. The molecular weight excluding hydrogens is 1030 g/mol. The third-order valence-corrected chi connectivity index (χ3v) is 18.4. The van der Waals surface area contributed by atoms with Gasteiger partial charge in [-0.1, -0.05) is 386 Å². The van der Waals surface area contributed by atoms with Gasteiger partial charge in [-0.05, 0) is 19.3 Å². The topological polar surface area (TPSA) is 149 Å². The van der Waals surface area contributed by atoms with E-state index in [0.29, 0.717) is 6.42 Å². The van der Waals surface area contributed by atoms with Gasteiger partial charge in [0, 0.05) is 6.42 Å². The summed E-state index contributed by atoms with van der Waals surface area (Å²) in [5, 5.41) is 54.8. The van der Waals surface area contributed by atoms with Crippen LogP contribution in [0.4, 0.5) is 0 Å². The third-order valence-electron chi connectivity index (χ3n) is 18.4. The van der Waals surface area contributed by atoms with Gasteiger partial charge in [0.1, 0.15) is 24.4 Å². The summed E-state index contributed by atoms with van der Waals surface area (Å²) >= 11 is 0. The number of ether oxygens (including phenoxy) is 2. The SMILES string of the molecule is CCCCCCCCCCCCCCCCCCCCCCCCCCCCCCC/C=C/C(O)C(COC1OC(CO)C(O)C(O)C1O)NC(=O)CCCCCCCCCCCCCCCCCCCCCCCCCCCCCCC. The first-order valence-corrected chi connectivity index (χ1v) is 37.4. The maximum Gasteiger partial charge on any atom is 0.220 e. The number of rotatable bonds is 67. The van der Waals surface area contributed by atoms with Gasteiger partial charge in [0.2, 0.25) is 5.91 Å². The van der Waals surface area contributed by atoms with Crippen LogP contribution in [0, 0.1) is 0 Å². The lowest BCUT2D eigenvalue weighted by Gasteiger charge is -2.40. The van der Waals surface area contributed by atoms with Gasteiger partial charge in [-0.15, -0.1) is 0 Å². The number of unbranched alkanes of at least 4 members (excludes halogenated alkanes) is 57. The monoisotopic (exact) mass is 1180 g/mol. The van der Waals surface area contributed by atoms with Crippen molar-refractivity contribution in [3.8, 4) is 0 Å². The summed E-state index contributed by atoms with van der Waals surface area (Å²) in [5.74, 6) is -0.166. The molecule has 1 saturated heterocycles. The number of carbonyl (C=O) groups is 1. The fraction of sp³-hybridized carbons (Fsp3) is 0.959. The van der Waals surface area contributed by atoms with E-state index in [1.54, 1.807) is 6.08 Å². The summed E-state index contributed by atoms with van der Waals surface area (Å²) in [6, 6.07) is -0.802. The van der Waals surface area contributed by atoms with Crippen LogP contribution in [-0.2, 0) is 14.3 Å². The molecule has 0 spiro atoms. The summed E-state index contributed by atoms with van der Waals surface area (Å²) < 4.78 is 11.3. The minimum atomic E-state index is -1.56. The first kappa shape index (κ1) is 79.9. The van der Waals surface area contributed by atoms with Gasteiger partial charge in [0.05, 0.1) is 25.4 Å².